The van der Waals surface area contributed by atoms with Crippen LogP contribution in [0.15, 0.2) is 74.3 Å². The van der Waals surface area contributed by atoms with Crippen molar-refractivity contribution in [2.75, 3.05) is 12.0 Å². The van der Waals surface area contributed by atoms with Gasteiger partial charge in [0.2, 0.25) is 5.95 Å². The van der Waals surface area contributed by atoms with Crippen LogP contribution in [0.2, 0.25) is 0 Å². The van der Waals surface area contributed by atoms with Crippen molar-refractivity contribution in [3.05, 3.63) is 96.1 Å². The smallest absolute Gasteiger partial charge is 0.329 e. The van der Waals surface area contributed by atoms with Crippen LogP contribution in [0.1, 0.15) is 5.56 Å². The minimum Gasteiger partial charge on any atom is -0.492 e. The molecule has 0 aliphatic heterocycles. The van der Waals surface area contributed by atoms with E-state index in [9.17, 15) is 19.7 Å². The van der Waals surface area contributed by atoms with E-state index in [1.165, 1.54) is 30.0 Å². The summed E-state index contributed by atoms with van der Waals surface area (Å²) < 4.78 is 8.52. The number of hydrogen-bond acceptors (Lipinski definition) is 8. The summed E-state index contributed by atoms with van der Waals surface area (Å²) in [5.41, 5.74) is 2.53. The number of aromatic amines is 1. The van der Waals surface area contributed by atoms with E-state index in [1.54, 1.807) is 22.8 Å². The number of hydrogen-bond donors (Lipinski definition) is 2. The molecule has 4 rings (SSSR count). The monoisotopic (exact) mass is 509 g/mol. The second-order valence-electron chi connectivity index (χ2n) is 7.49. The van der Waals surface area contributed by atoms with E-state index in [4.69, 9.17) is 16.3 Å². The van der Waals surface area contributed by atoms with Crippen molar-refractivity contribution in [3.63, 3.8) is 0 Å². The molecule has 2 N–H and O–H groups in total. The summed E-state index contributed by atoms with van der Waals surface area (Å²) >= 11 is 6.22. The van der Waals surface area contributed by atoms with Crippen LogP contribution < -0.4 is 21.4 Å². The molecule has 0 saturated carbocycles. The molecule has 0 fully saturated rings. The Labute approximate surface area is 208 Å². The zero-order valence-corrected chi connectivity index (χ0v) is 19.7. The average Bonchev–Trinajstić information content (AvgIpc) is 3.22. The summed E-state index contributed by atoms with van der Waals surface area (Å²) in [6.07, 6.45) is 2.89. The van der Waals surface area contributed by atoms with Crippen LogP contribution in [0.25, 0.3) is 17.2 Å². The van der Waals surface area contributed by atoms with Crippen LogP contribution >= 0.6 is 11.6 Å². The van der Waals surface area contributed by atoms with E-state index in [2.05, 4.69) is 20.5 Å². The summed E-state index contributed by atoms with van der Waals surface area (Å²) in [5, 5.41) is 15.1. The molecule has 36 heavy (non-hydrogen) atoms. The lowest BCUT2D eigenvalue weighted by Crippen LogP contribution is -2.29. The molecule has 0 saturated heterocycles. The normalized spacial score (nSPS) is 11.8. The van der Waals surface area contributed by atoms with Gasteiger partial charge in [0.1, 0.15) is 12.4 Å². The largest absolute Gasteiger partial charge is 0.492 e. The number of ether oxygens (including phenoxy) is 1. The van der Waals surface area contributed by atoms with Gasteiger partial charge in [-0.05, 0) is 35.9 Å². The van der Waals surface area contributed by atoms with Gasteiger partial charge in [-0.3, -0.25) is 29.0 Å². The standard InChI is InChI=1S/C23H20ClN7O5/c1-29-20-19(21(32)27-23(29)33)30(11-12-36-18-5-3-2-4-6-18)22(26-20)28-25-14-16(24)13-15-7-9-17(10-8-15)31(34)35/h2-10,13-14H,11-12H2,1H3,(H,26,28)(H,27,32,33)/b16-13-,25-14-. The van der Waals surface area contributed by atoms with Crippen LogP contribution in [0.3, 0.4) is 0 Å². The summed E-state index contributed by atoms with van der Waals surface area (Å²) in [4.78, 5) is 41.5. The number of para-hydroxylation sites is 1. The summed E-state index contributed by atoms with van der Waals surface area (Å²) in [6, 6.07) is 15.0. The van der Waals surface area contributed by atoms with E-state index in [-0.39, 0.29) is 41.0 Å². The number of fused-ring (bicyclic) bond motifs is 1. The summed E-state index contributed by atoms with van der Waals surface area (Å²) in [7, 11) is 1.50. The van der Waals surface area contributed by atoms with E-state index in [0.717, 1.165) is 0 Å². The number of imidazole rings is 1. The Morgan fingerprint density at radius 3 is 2.64 bits per heavy atom. The van der Waals surface area contributed by atoms with Gasteiger partial charge in [-0.15, -0.1) is 0 Å². The Morgan fingerprint density at radius 2 is 1.94 bits per heavy atom. The third-order valence-corrected chi connectivity index (χ3v) is 5.30. The summed E-state index contributed by atoms with van der Waals surface area (Å²) in [6.45, 7) is 0.452. The second kappa shape index (κ2) is 10.7. The predicted molar refractivity (Wildman–Crippen MR) is 137 cm³/mol. The average molecular weight is 510 g/mol. The number of halogens is 1. The van der Waals surface area contributed by atoms with Crippen molar-refractivity contribution in [2.45, 2.75) is 6.54 Å². The minimum atomic E-state index is -0.596. The van der Waals surface area contributed by atoms with Crippen molar-refractivity contribution in [3.8, 4) is 5.75 Å². The molecule has 0 unspecified atom stereocenters. The lowest BCUT2D eigenvalue weighted by atomic mass is 10.2. The fourth-order valence-electron chi connectivity index (χ4n) is 3.35. The molecule has 0 bridgehead atoms. The highest BCUT2D eigenvalue weighted by molar-refractivity contribution is 6.41. The molecule has 0 radical (unpaired) electrons. The fourth-order valence-corrected chi connectivity index (χ4v) is 3.52. The van der Waals surface area contributed by atoms with Crippen LogP contribution in [0.4, 0.5) is 11.6 Å². The number of anilines is 1. The Kier molecular flexibility index (Phi) is 7.25. The number of nitro benzene ring substituents is 1. The minimum absolute atomic E-state index is 0.0295. The number of allylic oxidation sites excluding steroid dienone is 1. The van der Waals surface area contributed by atoms with Gasteiger partial charge < -0.3 is 4.74 Å². The number of rotatable bonds is 9. The molecule has 0 aliphatic carbocycles. The van der Waals surface area contributed by atoms with Crippen molar-refractivity contribution < 1.29 is 9.66 Å². The Morgan fingerprint density at radius 1 is 1.22 bits per heavy atom. The van der Waals surface area contributed by atoms with Crippen molar-refractivity contribution in [1.82, 2.24) is 19.1 Å². The highest BCUT2D eigenvalue weighted by Gasteiger charge is 2.17. The van der Waals surface area contributed by atoms with E-state index < -0.39 is 16.2 Å². The number of hydrazone groups is 1. The Balaban J connectivity index is 1.57. The molecule has 184 valence electrons. The lowest BCUT2D eigenvalue weighted by molar-refractivity contribution is -0.384. The molecule has 2 heterocycles. The van der Waals surface area contributed by atoms with Crippen LogP contribution in [-0.2, 0) is 13.6 Å². The molecular formula is C23H20ClN7O5. The number of non-ortho nitro benzene ring substituents is 1. The first kappa shape index (κ1) is 24.4. The van der Waals surface area contributed by atoms with Gasteiger partial charge in [0.15, 0.2) is 11.2 Å². The molecule has 0 atom stereocenters. The third kappa shape index (κ3) is 5.50. The number of benzene rings is 2. The fraction of sp³-hybridized carbons (Fsp3) is 0.130. The van der Waals surface area contributed by atoms with Crippen molar-refractivity contribution >= 4 is 46.7 Å². The van der Waals surface area contributed by atoms with Gasteiger partial charge in [0.25, 0.3) is 11.2 Å². The van der Waals surface area contributed by atoms with E-state index >= 15 is 0 Å². The Bertz CT molecular complexity index is 1570. The summed E-state index contributed by atoms with van der Waals surface area (Å²) in [5.74, 6) is 0.864. The number of aryl methyl sites for hydroxylation is 1. The zero-order valence-electron chi connectivity index (χ0n) is 18.9. The molecular weight excluding hydrogens is 490 g/mol. The van der Waals surface area contributed by atoms with Crippen LogP contribution in [0.5, 0.6) is 5.75 Å². The Hall–Kier alpha value is -4.71. The number of nitro groups is 1. The molecule has 13 heteroatoms. The SMILES string of the molecule is Cn1c(=O)[nH]c(=O)c2c1nc(N/N=C\C(Cl)=C\c1ccc([N+](=O)[O-])cc1)n2CCOc1ccccc1. The number of nitrogens with one attached hydrogen (secondary N) is 2. The van der Waals surface area contributed by atoms with Crippen LogP contribution in [-0.4, -0.2) is 36.8 Å². The highest BCUT2D eigenvalue weighted by Crippen LogP contribution is 2.17. The molecule has 12 nitrogen and oxygen atoms in total. The predicted octanol–water partition coefficient (Wildman–Crippen LogP) is 3.09. The van der Waals surface area contributed by atoms with Crippen molar-refractivity contribution in [1.29, 1.82) is 0 Å². The van der Waals surface area contributed by atoms with Gasteiger partial charge in [0.05, 0.1) is 22.7 Å². The first-order valence-electron chi connectivity index (χ1n) is 10.6. The molecule has 0 aliphatic rings. The number of nitrogens with zero attached hydrogens (tertiary/aromatic N) is 5. The van der Waals surface area contributed by atoms with Gasteiger partial charge in [-0.2, -0.15) is 10.1 Å². The lowest BCUT2D eigenvalue weighted by Gasteiger charge is -2.10. The topological polar surface area (TPSA) is 149 Å². The quantitative estimate of drug-likeness (QED) is 0.200. The number of H-pyrrole nitrogens is 1. The molecule has 2 aromatic carbocycles. The molecule has 0 spiro atoms. The molecule has 2 aromatic heterocycles. The zero-order chi connectivity index (χ0) is 25.7. The van der Waals surface area contributed by atoms with Gasteiger partial charge >= 0.3 is 5.69 Å². The van der Waals surface area contributed by atoms with Gasteiger partial charge in [-0.25, -0.2) is 10.2 Å². The van der Waals surface area contributed by atoms with E-state index in [0.29, 0.717) is 11.3 Å². The van der Waals surface area contributed by atoms with Crippen molar-refractivity contribution in [2.24, 2.45) is 12.1 Å². The number of aromatic nitrogens is 4. The van der Waals surface area contributed by atoms with Gasteiger partial charge in [-0.1, -0.05) is 29.8 Å². The maximum atomic E-state index is 12.6. The van der Waals surface area contributed by atoms with Gasteiger partial charge in [0, 0.05) is 19.2 Å². The maximum absolute atomic E-state index is 12.6. The maximum Gasteiger partial charge on any atom is 0.329 e. The highest BCUT2D eigenvalue weighted by atomic mass is 35.5. The third-order valence-electron chi connectivity index (χ3n) is 5.09. The second-order valence-corrected chi connectivity index (χ2v) is 7.92. The molecule has 0 amide bonds. The first-order chi connectivity index (χ1) is 17.3. The molecule has 4 aromatic rings. The van der Waals surface area contributed by atoms with E-state index in [1.807, 2.05) is 30.3 Å². The van der Waals surface area contributed by atoms with Crippen LogP contribution in [0, 0.1) is 10.1 Å². The first-order valence-corrected chi connectivity index (χ1v) is 11.0.